The van der Waals surface area contributed by atoms with E-state index in [4.69, 9.17) is 4.74 Å². The average molecular weight is 284 g/mol. The summed E-state index contributed by atoms with van der Waals surface area (Å²) in [4.78, 5) is 0. The number of hydrogen-bond donors (Lipinski definition) is 1. The SMILES string of the molecule is CC(C)CNCC1(C[Si](C)(C)C)CCOC1C1CC1. The van der Waals surface area contributed by atoms with Crippen LogP contribution >= 0.6 is 0 Å². The number of nitrogens with one attached hydrogen (secondary N) is 1. The van der Waals surface area contributed by atoms with Gasteiger partial charge in [-0.05, 0) is 43.7 Å². The van der Waals surface area contributed by atoms with Crippen molar-refractivity contribution in [1.29, 1.82) is 0 Å². The standard InChI is InChI=1S/C16H33NOSi/c1-13(2)10-17-11-16(12-19(3,4)5)8-9-18-15(16)14-6-7-14/h13-15,17H,6-12H2,1-5H3. The lowest BCUT2D eigenvalue weighted by molar-refractivity contribution is 0.0380. The molecular weight excluding hydrogens is 250 g/mol. The first-order valence-electron chi connectivity index (χ1n) is 8.15. The molecule has 2 rings (SSSR count). The molecule has 112 valence electrons. The number of rotatable bonds is 7. The fourth-order valence-electron chi connectivity index (χ4n) is 3.85. The Hall–Kier alpha value is 0.137. The Balaban J connectivity index is 2.03. The van der Waals surface area contributed by atoms with Crippen molar-refractivity contribution in [2.75, 3.05) is 19.7 Å². The first kappa shape index (κ1) is 15.5. The molecular formula is C16H33NOSi. The van der Waals surface area contributed by atoms with Crippen molar-refractivity contribution in [2.24, 2.45) is 17.3 Å². The van der Waals surface area contributed by atoms with Crippen LogP contribution in [-0.2, 0) is 4.74 Å². The van der Waals surface area contributed by atoms with Gasteiger partial charge in [0.05, 0.1) is 6.10 Å². The van der Waals surface area contributed by atoms with Gasteiger partial charge in [0.2, 0.25) is 0 Å². The highest BCUT2D eigenvalue weighted by atomic mass is 28.3. The highest BCUT2D eigenvalue weighted by Gasteiger charge is 2.51. The van der Waals surface area contributed by atoms with Gasteiger partial charge < -0.3 is 10.1 Å². The van der Waals surface area contributed by atoms with E-state index < -0.39 is 8.07 Å². The monoisotopic (exact) mass is 283 g/mol. The van der Waals surface area contributed by atoms with E-state index >= 15 is 0 Å². The predicted octanol–water partition coefficient (Wildman–Crippen LogP) is 3.76. The van der Waals surface area contributed by atoms with Crippen LogP contribution in [0.1, 0.15) is 33.1 Å². The van der Waals surface area contributed by atoms with Gasteiger partial charge in [0.1, 0.15) is 0 Å². The zero-order valence-electron chi connectivity index (χ0n) is 13.6. The summed E-state index contributed by atoms with van der Waals surface area (Å²) < 4.78 is 6.18. The molecule has 2 aliphatic rings. The molecule has 1 N–H and O–H groups in total. The molecule has 1 aliphatic heterocycles. The van der Waals surface area contributed by atoms with E-state index in [0.29, 0.717) is 11.5 Å². The molecule has 3 heteroatoms. The van der Waals surface area contributed by atoms with Crippen LogP contribution < -0.4 is 5.32 Å². The van der Waals surface area contributed by atoms with Gasteiger partial charge in [-0.25, -0.2) is 0 Å². The Morgan fingerprint density at radius 3 is 2.47 bits per heavy atom. The maximum Gasteiger partial charge on any atom is 0.0669 e. The van der Waals surface area contributed by atoms with Crippen LogP contribution in [0.3, 0.4) is 0 Å². The summed E-state index contributed by atoms with van der Waals surface area (Å²) >= 11 is 0. The molecule has 2 atom stereocenters. The molecule has 1 heterocycles. The molecule has 2 unspecified atom stereocenters. The van der Waals surface area contributed by atoms with Crippen LogP contribution in [-0.4, -0.2) is 33.9 Å². The predicted molar refractivity (Wildman–Crippen MR) is 85.4 cm³/mol. The van der Waals surface area contributed by atoms with E-state index in [2.05, 4.69) is 38.8 Å². The number of hydrogen-bond acceptors (Lipinski definition) is 2. The minimum absolute atomic E-state index is 0.445. The Bertz CT molecular complexity index is 296. The summed E-state index contributed by atoms with van der Waals surface area (Å²) in [5.74, 6) is 1.62. The molecule has 1 saturated carbocycles. The zero-order chi connectivity index (χ0) is 14.1. The van der Waals surface area contributed by atoms with Crippen molar-refractivity contribution in [3.05, 3.63) is 0 Å². The lowest BCUT2D eigenvalue weighted by atomic mass is 9.80. The van der Waals surface area contributed by atoms with E-state index in [1.54, 1.807) is 0 Å². The van der Waals surface area contributed by atoms with Crippen LogP contribution in [0.15, 0.2) is 0 Å². The van der Waals surface area contributed by atoms with Crippen molar-refractivity contribution < 1.29 is 4.74 Å². The molecule has 1 saturated heterocycles. The maximum absolute atomic E-state index is 6.18. The summed E-state index contributed by atoms with van der Waals surface area (Å²) in [5.41, 5.74) is 0.445. The quantitative estimate of drug-likeness (QED) is 0.718. The van der Waals surface area contributed by atoms with Gasteiger partial charge in [-0.3, -0.25) is 0 Å². The van der Waals surface area contributed by atoms with E-state index in [1.165, 1.54) is 31.9 Å². The Morgan fingerprint density at radius 2 is 1.95 bits per heavy atom. The highest BCUT2D eigenvalue weighted by molar-refractivity contribution is 6.76. The first-order chi connectivity index (χ1) is 8.82. The first-order valence-corrected chi connectivity index (χ1v) is 11.9. The summed E-state index contributed by atoms with van der Waals surface area (Å²) in [6, 6.07) is 1.42. The van der Waals surface area contributed by atoms with Crippen molar-refractivity contribution in [3.8, 4) is 0 Å². The van der Waals surface area contributed by atoms with Gasteiger partial charge in [-0.15, -0.1) is 0 Å². The molecule has 0 aromatic rings. The van der Waals surface area contributed by atoms with Crippen molar-refractivity contribution in [3.63, 3.8) is 0 Å². The molecule has 0 bridgehead atoms. The average Bonchev–Trinajstić information content (AvgIpc) is 3.00. The topological polar surface area (TPSA) is 21.3 Å². The van der Waals surface area contributed by atoms with E-state index in [1.807, 2.05) is 0 Å². The molecule has 2 fully saturated rings. The third-order valence-corrected chi connectivity index (χ3v) is 6.23. The van der Waals surface area contributed by atoms with Gasteiger partial charge in [0, 0.05) is 26.6 Å². The van der Waals surface area contributed by atoms with Gasteiger partial charge in [-0.2, -0.15) is 0 Å². The Kier molecular flexibility index (Phi) is 4.79. The van der Waals surface area contributed by atoms with E-state index in [0.717, 1.165) is 25.0 Å². The second-order valence-electron chi connectivity index (χ2n) is 8.50. The summed E-state index contributed by atoms with van der Waals surface area (Å²) in [6.07, 6.45) is 4.65. The van der Waals surface area contributed by atoms with E-state index in [-0.39, 0.29) is 0 Å². The third kappa shape index (κ3) is 4.30. The Morgan fingerprint density at radius 1 is 1.26 bits per heavy atom. The molecule has 1 aliphatic carbocycles. The van der Waals surface area contributed by atoms with Crippen LogP contribution in [0.4, 0.5) is 0 Å². The molecule has 2 nitrogen and oxygen atoms in total. The summed E-state index contributed by atoms with van der Waals surface area (Å²) in [7, 11) is -1.05. The normalized spacial score (nSPS) is 32.2. The third-order valence-electron chi connectivity index (χ3n) is 4.46. The minimum atomic E-state index is -1.05. The molecule has 0 radical (unpaired) electrons. The van der Waals surface area contributed by atoms with Crippen LogP contribution in [0, 0.1) is 17.3 Å². The van der Waals surface area contributed by atoms with Crippen molar-refractivity contribution in [1.82, 2.24) is 5.32 Å². The zero-order valence-corrected chi connectivity index (χ0v) is 14.6. The van der Waals surface area contributed by atoms with Crippen molar-refractivity contribution >= 4 is 8.07 Å². The second kappa shape index (κ2) is 5.86. The largest absolute Gasteiger partial charge is 0.377 e. The second-order valence-corrected chi connectivity index (χ2v) is 14.0. The lowest BCUT2D eigenvalue weighted by Crippen LogP contribution is -2.46. The fraction of sp³-hybridized carbons (Fsp3) is 1.00. The van der Waals surface area contributed by atoms with Crippen LogP contribution in [0.25, 0.3) is 0 Å². The van der Waals surface area contributed by atoms with Crippen LogP contribution in [0.2, 0.25) is 25.7 Å². The summed E-state index contributed by atoms with van der Waals surface area (Å²) in [5, 5.41) is 3.75. The minimum Gasteiger partial charge on any atom is -0.377 e. The Labute approximate surface area is 120 Å². The molecule has 0 aromatic heterocycles. The molecule has 0 aromatic carbocycles. The smallest absolute Gasteiger partial charge is 0.0669 e. The van der Waals surface area contributed by atoms with Gasteiger partial charge in [-0.1, -0.05) is 33.5 Å². The fourth-order valence-corrected chi connectivity index (χ4v) is 6.47. The molecule has 19 heavy (non-hydrogen) atoms. The number of ether oxygens (including phenoxy) is 1. The molecule has 0 spiro atoms. The summed E-state index contributed by atoms with van der Waals surface area (Å²) in [6.45, 7) is 15.4. The van der Waals surface area contributed by atoms with Gasteiger partial charge >= 0.3 is 0 Å². The highest BCUT2D eigenvalue weighted by Crippen LogP contribution is 2.51. The van der Waals surface area contributed by atoms with E-state index in [9.17, 15) is 0 Å². The van der Waals surface area contributed by atoms with Gasteiger partial charge in [0.25, 0.3) is 0 Å². The van der Waals surface area contributed by atoms with Crippen LogP contribution in [0.5, 0.6) is 0 Å². The molecule has 0 amide bonds. The lowest BCUT2D eigenvalue weighted by Gasteiger charge is -2.39. The van der Waals surface area contributed by atoms with Gasteiger partial charge in [0.15, 0.2) is 0 Å². The maximum atomic E-state index is 6.18. The van der Waals surface area contributed by atoms with Crippen molar-refractivity contribution in [2.45, 2.75) is 64.9 Å².